The predicted octanol–water partition coefficient (Wildman–Crippen LogP) is 4.45. The molecule has 5 nitrogen and oxygen atoms in total. The van der Waals surface area contributed by atoms with E-state index in [1.165, 1.54) is 22.3 Å². The quantitative estimate of drug-likeness (QED) is 0.638. The fourth-order valence-electron chi connectivity index (χ4n) is 3.64. The molecule has 1 aliphatic carbocycles. The Hall–Kier alpha value is -3.73. The Labute approximate surface area is 169 Å². The summed E-state index contributed by atoms with van der Waals surface area (Å²) in [6.45, 7) is 0.575. The summed E-state index contributed by atoms with van der Waals surface area (Å²) in [6.07, 6.45) is 6.98. The zero-order valence-electron chi connectivity index (χ0n) is 15.7. The molecule has 0 fully saturated rings. The Morgan fingerprint density at radius 3 is 2.38 bits per heavy atom. The number of ether oxygens (including phenoxy) is 1. The number of pyridine rings is 1. The molecular formula is C24H20N2O3. The summed E-state index contributed by atoms with van der Waals surface area (Å²) in [5.41, 5.74) is 6.01. The van der Waals surface area contributed by atoms with E-state index in [-0.39, 0.29) is 12.5 Å². The first-order valence-corrected chi connectivity index (χ1v) is 9.42. The zero-order valence-corrected chi connectivity index (χ0v) is 15.7. The van der Waals surface area contributed by atoms with Crippen molar-refractivity contribution in [3.8, 4) is 11.1 Å². The molecule has 1 aromatic heterocycles. The van der Waals surface area contributed by atoms with Gasteiger partial charge in [0.2, 0.25) is 0 Å². The minimum atomic E-state index is -0.474. The third-order valence-corrected chi connectivity index (χ3v) is 5.02. The summed E-state index contributed by atoms with van der Waals surface area (Å²) in [7, 11) is 0. The second-order valence-electron chi connectivity index (χ2n) is 6.73. The molecule has 1 aliphatic rings. The van der Waals surface area contributed by atoms with E-state index in [2.05, 4.69) is 34.6 Å². The summed E-state index contributed by atoms with van der Waals surface area (Å²) < 4.78 is 5.48. The van der Waals surface area contributed by atoms with Crippen LogP contribution in [0.25, 0.3) is 17.2 Å². The monoisotopic (exact) mass is 384 g/mol. The van der Waals surface area contributed by atoms with Gasteiger partial charge in [-0.15, -0.1) is 0 Å². The molecule has 1 N–H and O–H groups in total. The van der Waals surface area contributed by atoms with Gasteiger partial charge in [-0.1, -0.05) is 60.7 Å². The number of aromatic nitrogens is 1. The average Bonchev–Trinajstić information content (AvgIpc) is 3.09. The van der Waals surface area contributed by atoms with Crippen LogP contribution in [0.15, 0.2) is 73.1 Å². The second-order valence-corrected chi connectivity index (χ2v) is 6.73. The van der Waals surface area contributed by atoms with Crippen LogP contribution in [0.3, 0.4) is 0 Å². The molecule has 5 heteroatoms. The van der Waals surface area contributed by atoms with Crippen LogP contribution in [0.2, 0.25) is 0 Å². The Balaban J connectivity index is 1.34. The van der Waals surface area contributed by atoms with E-state index in [1.54, 1.807) is 30.6 Å². The van der Waals surface area contributed by atoms with Gasteiger partial charge in [0.1, 0.15) is 6.61 Å². The zero-order chi connectivity index (χ0) is 20.1. The number of benzene rings is 2. The van der Waals surface area contributed by atoms with E-state index in [0.29, 0.717) is 17.7 Å². The van der Waals surface area contributed by atoms with Gasteiger partial charge in [-0.05, 0) is 28.3 Å². The van der Waals surface area contributed by atoms with Gasteiger partial charge >= 0.3 is 6.09 Å². The number of nitrogens with one attached hydrogen (secondary N) is 1. The Morgan fingerprint density at radius 1 is 1.00 bits per heavy atom. The van der Waals surface area contributed by atoms with Gasteiger partial charge in [0.15, 0.2) is 6.29 Å². The highest BCUT2D eigenvalue weighted by molar-refractivity contribution is 5.81. The van der Waals surface area contributed by atoms with Crippen LogP contribution in [-0.4, -0.2) is 30.5 Å². The Morgan fingerprint density at radius 2 is 1.69 bits per heavy atom. The van der Waals surface area contributed by atoms with Gasteiger partial charge in [-0.2, -0.15) is 0 Å². The van der Waals surface area contributed by atoms with E-state index < -0.39 is 6.09 Å². The first-order valence-electron chi connectivity index (χ1n) is 9.42. The van der Waals surface area contributed by atoms with Gasteiger partial charge < -0.3 is 10.1 Å². The largest absolute Gasteiger partial charge is 0.449 e. The lowest BCUT2D eigenvalue weighted by molar-refractivity contribution is 0.112. The number of rotatable bonds is 6. The molecule has 29 heavy (non-hydrogen) atoms. The fourth-order valence-corrected chi connectivity index (χ4v) is 3.64. The minimum absolute atomic E-state index is 0.0363. The number of carbonyl (C=O) groups is 2. The molecule has 0 unspecified atom stereocenters. The maximum absolute atomic E-state index is 12.1. The Bertz CT molecular complexity index is 1030. The average molecular weight is 384 g/mol. The number of alkyl carbamates (subject to hydrolysis) is 1. The highest BCUT2D eigenvalue weighted by atomic mass is 16.5. The summed E-state index contributed by atoms with van der Waals surface area (Å²) in [4.78, 5) is 27.1. The summed E-state index contributed by atoms with van der Waals surface area (Å²) in [5.74, 6) is 0.0363. The van der Waals surface area contributed by atoms with Gasteiger partial charge in [0.05, 0.1) is 0 Å². The molecule has 3 aromatic rings. The molecule has 1 amide bonds. The molecule has 0 bridgehead atoms. The van der Waals surface area contributed by atoms with Crippen LogP contribution in [0.5, 0.6) is 0 Å². The molecule has 144 valence electrons. The molecule has 2 aromatic carbocycles. The molecule has 4 rings (SSSR count). The molecule has 0 spiro atoms. The lowest BCUT2D eigenvalue weighted by Gasteiger charge is -2.14. The maximum atomic E-state index is 12.1. The number of aldehydes is 1. The molecular weight excluding hydrogens is 364 g/mol. The van der Waals surface area contributed by atoms with Gasteiger partial charge in [-0.3, -0.25) is 9.78 Å². The van der Waals surface area contributed by atoms with Crippen molar-refractivity contribution in [3.05, 3.63) is 95.3 Å². The molecule has 0 radical (unpaired) electrons. The third-order valence-electron chi connectivity index (χ3n) is 5.02. The first-order chi connectivity index (χ1) is 14.3. The van der Waals surface area contributed by atoms with Crippen LogP contribution in [-0.2, 0) is 4.74 Å². The normalized spacial score (nSPS) is 12.4. The van der Waals surface area contributed by atoms with E-state index >= 15 is 0 Å². The predicted molar refractivity (Wildman–Crippen MR) is 112 cm³/mol. The third kappa shape index (κ3) is 3.94. The summed E-state index contributed by atoms with van der Waals surface area (Å²) in [5, 5.41) is 2.71. The number of amides is 1. The molecule has 1 heterocycles. The van der Waals surface area contributed by atoms with E-state index in [1.807, 2.05) is 24.3 Å². The number of nitrogens with zero attached hydrogens (tertiary/aromatic N) is 1. The van der Waals surface area contributed by atoms with Crippen LogP contribution < -0.4 is 5.32 Å². The lowest BCUT2D eigenvalue weighted by atomic mass is 9.98. The molecule has 0 saturated carbocycles. The topological polar surface area (TPSA) is 68.3 Å². The standard InChI is InChI=1S/C24H20N2O3/c27-15-18-11-13-25-14-17(18)6-5-12-26-24(28)29-16-23-21-9-3-1-7-19(21)20-8-2-4-10-22(20)23/h1-11,13-15,23H,12,16H2,(H,26,28). The second kappa shape index (κ2) is 8.52. The van der Waals surface area contributed by atoms with Crippen molar-refractivity contribution in [2.24, 2.45) is 0 Å². The highest BCUT2D eigenvalue weighted by Crippen LogP contribution is 2.44. The molecule has 0 aliphatic heterocycles. The number of carbonyl (C=O) groups excluding carboxylic acids is 2. The van der Waals surface area contributed by atoms with Crippen molar-refractivity contribution in [1.29, 1.82) is 0 Å². The minimum Gasteiger partial charge on any atom is -0.449 e. The molecule has 0 atom stereocenters. The summed E-state index contributed by atoms with van der Waals surface area (Å²) in [6, 6.07) is 18.1. The van der Waals surface area contributed by atoms with E-state index in [4.69, 9.17) is 4.74 Å². The van der Waals surface area contributed by atoms with Crippen LogP contribution in [0, 0.1) is 0 Å². The van der Waals surface area contributed by atoms with Crippen molar-refractivity contribution in [3.63, 3.8) is 0 Å². The summed E-state index contributed by atoms with van der Waals surface area (Å²) >= 11 is 0. The fraction of sp³-hybridized carbons (Fsp3) is 0.125. The highest BCUT2D eigenvalue weighted by Gasteiger charge is 2.28. The molecule has 0 saturated heterocycles. The number of hydrogen-bond acceptors (Lipinski definition) is 4. The Kier molecular flexibility index (Phi) is 5.47. The van der Waals surface area contributed by atoms with Crippen LogP contribution in [0.1, 0.15) is 33.0 Å². The van der Waals surface area contributed by atoms with Gasteiger partial charge in [0, 0.05) is 36.0 Å². The van der Waals surface area contributed by atoms with Crippen molar-refractivity contribution in [2.75, 3.05) is 13.2 Å². The van der Waals surface area contributed by atoms with E-state index in [9.17, 15) is 9.59 Å². The van der Waals surface area contributed by atoms with Crippen molar-refractivity contribution in [1.82, 2.24) is 10.3 Å². The first kappa shape index (κ1) is 18.6. The van der Waals surface area contributed by atoms with Crippen LogP contribution in [0.4, 0.5) is 4.79 Å². The SMILES string of the molecule is O=Cc1ccncc1C=CCNC(=O)OCC1c2ccccc2-c2ccccc21. The number of hydrogen-bond donors (Lipinski definition) is 1. The van der Waals surface area contributed by atoms with Crippen molar-refractivity contribution < 1.29 is 14.3 Å². The maximum Gasteiger partial charge on any atom is 0.407 e. The van der Waals surface area contributed by atoms with Crippen molar-refractivity contribution >= 4 is 18.5 Å². The van der Waals surface area contributed by atoms with Gasteiger partial charge in [0.25, 0.3) is 0 Å². The smallest absolute Gasteiger partial charge is 0.407 e. The van der Waals surface area contributed by atoms with Crippen LogP contribution >= 0.6 is 0 Å². The van der Waals surface area contributed by atoms with Gasteiger partial charge in [-0.25, -0.2) is 4.79 Å². The van der Waals surface area contributed by atoms with E-state index in [0.717, 1.165) is 6.29 Å². The van der Waals surface area contributed by atoms with Crippen molar-refractivity contribution in [2.45, 2.75) is 5.92 Å². The lowest BCUT2D eigenvalue weighted by Crippen LogP contribution is -2.26. The number of fused-ring (bicyclic) bond motifs is 3.